The van der Waals surface area contributed by atoms with E-state index in [4.69, 9.17) is 0 Å². The monoisotopic (exact) mass is 328 g/mol. The number of ether oxygens (including phenoxy) is 1. The second kappa shape index (κ2) is 7.16. The van der Waals surface area contributed by atoms with E-state index >= 15 is 0 Å². The summed E-state index contributed by atoms with van der Waals surface area (Å²) in [5.41, 5.74) is 5.42. The van der Waals surface area contributed by atoms with Crippen molar-refractivity contribution < 1.29 is 13.5 Å². The molecule has 0 atom stereocenters. The van der Waals surface area contributed by atoms with Crippen LogP contribution in [0, 0.1) is 0 Å². The van der Waals surface area contributed by atoms with E-state index in [2.05, 4.69) is 35.9 Å². The molecular weight excluding hydrogens is 306 g/mol. The average molecular weight is 328 g/mol. The fourth-order valence-electron chi connectivity index (χ4n) is 2.89. The quantitative estimate of drug-likeness (QED) is 0.613. The van der Waals surface area contributed by atoms with E-state index in [1.165, 1.54) is 30.2 Å². The maximum Gasteiger partial charge on any atom is 0.397 e. The van der Waals surface area contributed by atoms with Crippen molar-refractivity contribution in [2.75, 3.05) is 0 Å². The van der Waals surface area contributed by atoms with Crippen LogP contribution < -0.4 is 0 Å². The number of hydrogen-bond acceptors (Lipinski definition) is 1. The molecular formula is C21H22F2O. The Morgan fingerprint density at radius 2 is 1.50 bits per heavy atom. The van der Waals surface area contributed by atoms with Crippen molar-refractivity contribution in [3.05, 3.63) is 65.9 Å². The van der Waals surface area contributed by atoms with Gasteiger partial charge in [0.15, 0.2) is 0 Å². The van der Waals surface area contributed by atoms with Crippen LogP contribution >= 0.6 is 0 Å². The number of alkyl halides is 2. The van der Waals surface area contributed by atoms with Crippen molar-refractivity contribution in [3.63, 3.8) is 0 Å². The molecule has 1 aliphatic rings. The first kappa shape index (κ1) is 16.7. The topological polar surface area (TPSA) is 9.23 Å². The Balaban J connectivity index is 1.71. The number of benzene rings is 2. The van der Waals surface area contributed by atoms with E-state index in [-0.39, 0.29) is 6.42 Å². The van der Waals surface area contributed by atoms with Gasteiger partial charge in [-0.1, -0.05) is 61.9 Å². The zero-order valence-corrected chi connectivity index (χ0v) is 13.9. The number of unbranched alkanes of at least 4 members (excludes halogenated alkanes) is 1. The van der Waals surface area contributed by atoms with Crippen LogP contribution in [0.2, 0.25) is 0 Å². The third kappa shape index (κ3) is 4.02. The highest BCUT2D eigenvalue weighted by Gasteiger charge is 2.33. The van der Waals surface area contributed by atoms with Gasteiger partial charge in [-0.05, 0) is 47.1 Å². The zero-order valence-electron chi connectivity index (χ0n) is 13.9. The molecule has 1 aliphatic heterocycles. The van der Waals surface area contributed by atoms with Crippen molar-refractivity contribution in [1.82, 2.24) is 0 Å². The summed E-state index contributed by atoms with van der Waals surface area (Å²) in [4.78, 5) is 0. The van der Waals surface area contributed by atoms with Crippen molar-refractivity contribution in [3.8, 4) is 11.1 Å². The second-order valence-corrected chi connectivity index (χ2v) is 6.28. The van der Waals surface area contributed by atoms with Crippen LogP contribution in [0.3, 0.4) is 0 Å². The first-order valence-electron chi connectivity index (χ1n) is 8.52. The first-order chi connectivity index (χ1) is 11.6. The lowest BCUT2D eigenvalue weighted by Crippen LogP contribution is -2.21. The van der Waals surface area contributed by atoms with Crippen LogP contribution in [0.15, 0.2) is 54.8 Å². The number of aryl methyl sites for hydroxylation is 1. The van der Waals surface area contributed by atoms with Crippen LogP contribution in [0.1, 0.15) is 43.7 Å². The summed E-state index contributed by atoms with van der Waals surface area (Å²) in [6, 6.07) is 16.6. The molecule has 0 saturated heterocycles. The van der Waals surface area contributed by atoms with E-state index < -0.39 is 6.11 Å². The van der Waals surface area contributed by atoms with Crippen LogP contribution in [0.25, 0.3) is 16.7 Å². The predicted molar refractivity (Wildman–Crippen MR) is 93.7 cm³/mol. The van der Waals surface area contributed by atoms with Crippen LogP contribution in [0.5, 0.6) is 0 Å². The molecule has 0 radical (unpaired) electrons. The van der Waals surface area contributed by atoms with E-state index in [0.717, 1.165) is 23.1 Å². The molecule has 126 valence electrons. The molecule has 0 fully saturated rings. The Hall–Kier alpha value is -2.16. The Morgan fingerprint density at radius 1 is 0.917 bits per heavy atom. The summed E-state index contributed by atoms with van der Waals surface area (Å²) < 4.78 is 30.5. The number of hydrogen-bond donors (Lipinski definition) is 0. The Kier molecular flexibility index (Phi) is 4.98. The van der Waals surface area contributed by atoms with E-state index in [9.17, 15) is 8.78 Å². The largest absolute Gasteiger partial charge is 0.440 e. The maximum atomic E-state index is 13.0. The summed E-state index contributed by atoms with van der Waals surface area (Å²) in [5, 5.41) is 0. The molecule has 24 heavy (non-hydrogen) atoms. The summed E-state index contributed by atoms with van der Waals surface area (Å²) >= 11 is 0. The number of rotatable bonds is 5. The SMILES string of the molecule is CCCCc1ccc(-c2ccc(C3=COC(F)(F)CC3)cc2)cc1. The lowest BCUT2D eigenvalue weighted by atomic mass is 9.97. The Morgan fingerprint density at radius 3 is 2.04 bits per heavy atom. The second-order valence-electron chi connectivity index (χ2n) is 6.28. The fraction of sp³-hybridized carbons (Fsp3) is 0.333. The molecule has 2 aromatic rings. The van der Waals surface area contributed by atoms with Crippen molar-refractivity contribution >= 4 is 5.57 Å². The minimum absolute atomic E-state index is 0.264. The van der Waals surface area contributed by atoms with Gasteiger partial charge in [0, 0.05) is 0 Å². The smallest absolute Gasteiger partial charge is 0.397 e. The zero-order chi connectivity index (χ0) is 17.0. The molecule has 0 spiro atoms. The minimum atomic E-state index is -3.02. The minimum Gasteiger partial charge on any atom is -0.440 e. The molecule has 3 heteroatoms. The summed E-state index contributed by atoms with van der Waals surface area (Å²) in [6.07, 6.45) is 1.77. The summed E-state index contributed by atoms with van der Waals surface area (Å²) in [5.74, 6) is 0. The molecule has 3 rings (SSSR count). The highest BCUT2D eigenvalue weighted by molar-refractivity contribution is 5.70. The molecule has 0 N–H and O–H groups in total. The first-order valence-corrected chi connectivity index (χ1v) is 8.52. The van der Waals surface area contributed by atoms with Gasteiger partial charge >= 0.3 is 6.11 Å². The van der Waals surface area contributed by atoms with Gasteiger partial charge in [-0.15, -0.1) is 0 Å². The van der Waals surface area contributed by atoms with Gasteiger partial charge in [-0.3, -0.25) is 0 Å². The lowest BCUT2D eigenvalue weighted by Gasteiger charge is -2.22. The molecule has 0 aliphatic carbocycles. The van der Waals surface area contributed by atoms with E-state index in [1.807, 2.05) is 24.3 Å². The van der Waals surface area contributed by atoms with Gasteiger partial charge in [-0.2, -0.15) is 8.78 Å². The molecule has 0 bridgehead atoms. The standard InChI is InChI=1S/C21H22F2O/c1-2-3-4-16-5-7-17(8-6-16)18-9-11-19(12-10-18)20-13-14-21(22,23)24-15-20/h5-12,15H,2-4,13-14H2,1H3. The molecule has 0 saturated carbocycles. The number of allylic oxidation sites excluding steroid dienone is 1. The van der Waals surface area contributed by atoms with Gasteiger partial charge in [0.2, 0.25) is 0 Å². The summed E-state index contributed by atoms with van der Waals surface area (Å²) in [6.45, 7) is 2.20. The average Bonchev–Trinajstić information content (AvgIpc) is 2.61. The van der Waals surface area contributed by atoms with E-state index in [1.54, 1.807) is 0 Å². The number of halogens is 2. The van der Waals surface area contributed by atoms with Gasteiger partial charge in [0.1, 0.15) is 0 Å². The van der Waals surface area contributed by atoms with Crippen LogP contribution in [0.4, 0.5) is 8.78 Å². The Bertz CT molecular complexity index is 700. The highest BCUT2D eigenvalue weighted by Crippen LogP contribution is 2.34. The van der Waals surface area contributed by atoms with Crippen molar-refractivity contribution in [2.24, 2.45) is 0 Å². The van der Waals surface area contributed by atoms with E-state index in [0.29, 0.717) is 6.42 Å². The third-order valence-corrected chi connectivity index (χ3v) is 4.42. The molecule has 2 aromatic carbocycles. The van der Waals surface area contributed by atoms with Gasteiger partial charge in [0.25, 0.3) is 0 Å². The molecule has 1 heterocycles. The van der Waals surface area contributed by atoms with Crippen molar-refractivity contribution in [1.29, 1.82) is 0 Å². The highest BCUT2D eigenvalue weighted by atomic mass is 19.3. The van der Waals surface area contributed by atoms with Crippen LogP contribution in [-0.4, -0.2) is 6.11 Å². The molecule has 0 amide bonds. The third-order valence-electron chi connectivity index (χ3n) is 4.42. The van der Waals surface area contributed by atoms with Crippen molar-refractivity contribution in [2.45, 2.75) is 45.1 Å². The van der Waals surface area contributed by atoms with Gasteiger partial charge in [0.05, 0.1) is 12.7 Å². The van der Waals surface area contributed by atoms with Crippen LogP contribution in [-0.2, 0) is 11.2 Å². The molecule has 1 nitrogen and oxygen atoms in total. The summed E-state index contributed by atoms with van der Waals surface area (Å²) in [7, 11) is 0. The maximum absolute atomic E-state index is 13.0. The molecule has 0 unspecified atom stereocenters. The normalized spacial score (nSPS) is 16.4. The van der Waals surface area contributed by atoms with Gasteiger partial charge in [-0.25, -0.2) is 0 Å². The lowest BCUT2D eigenvalue weighted by molar-refractivity contribution is -0.211. The van der Waals surface area contributed by atoms with Gasteiger partial charge < -0.3 is 4.74 Å². The molecule has 0 aromatic heterocycles. The predicted octanol–water partition coefficient (Wildman–Crippen LogP) is 6.44. The fourth-order valence-corrected chi connectivity index (χ4v) is 2.89. The Labute approximate surface area is 142 Å².